The summed E-state index contributed by atoms with van der Waals surface area (Å²) in [5.74, 6) is 0.936. The second-order valence-electron chi connectivity index (χ2n) is 7.29. The van der Waals surface area contributed by atoms with Crippen LogP contribution in [0, 0.1) is 3.57 Å². The molecule has 1 N–H and O–H groups in total. The summed E-state index contributed by atoms with van der Waals surface area (Å²) >= 11 is 15.0. The van der Waals surface area contributed by atoms with Crippen LogP contribution in [0.5, 0.6) is 11.5 Å². The van der Waals surface area contributed by atoms with Crippen molar-refractivity contribution in [2.75, 3.05) is 6.61 Å². The quantitative estimate of drug-likeness (QED) is 0.113. The number of amides is 1. The van der Waals surface area contributed by atoms with Gasteiger partial charge in [-0.15, -0.1) is 0 Å². The minimum atomic E-state index is -0.455. The van der Waals surface area contributed by atoms with E-state index in [9.17, 15) is 4.79 Å². The van der Waals surface area contributed by atoms with Gasteiger partial charge in [-0.3, -0.25) is 4.79 Å². The van der Waals surface area contributed by atoms with Crippen molar-refractivity contribution in [3.63, 3.8) is 0 Å². The molecule has 0 saturated carbocycles. The smallest absolute Gasteiger partial charge is 0.307 e. The van der Waals surface area contributed by atoms with Gasteiger partial charge < -0.3 is 13.9 Å². The summed E-state index contributed by atoms with van der Waals surface area (Å²) in [6.45, 7) is 2.75. The number of hydrogen-bond acceptors (Lipinski definition) is 5. The van der Waals surface area contributed by atoms with Crippen LogP contribution in [0.2, 0.25) is 5.02 Å². The topological polar surface area (TPSA) is 73.1 Å². The Morgan fingerprint density at radius 1 is 1.14 bits per heavy atom. The molecule has 6 nitrogen and oxygen atoms in total. The monoisotopic (exact) mass is 730 g/mol. The zero-order chi connectivity index (χ0) is 24.9. The molecule has 0 bridgehead atoms. The van der Waals surface area contributed by atoms with Crippen molar-refractivity contribution in [1.82, 2.24) is 5.43 Å². The Labute approximate surface area is 237 Å². The highest BCUT2D eigenvalue weighted by Crippen LogP contribution is 2.35. The Morgan fingerprint density at radius 2 is 1.91 bits per heavy atom. The first-order chi connectivity index (χ1) is 16.8. The lowest BCUT2D eigenvalue weighted by Gasteiger charge is -2.14. The van der Waals surface area contributed by atoms with Crippen LogP contribution in [0.1, 0.15) is 28.6 Å². The molecule has 0 atom stereocenters. The molecule has 1 heterocycles. The van der Waals surface area contributed by atoms with E-state index in [0.29, 0.717) is 35.3 Å². The Morgan fingerprint density at radius 3 is 2.66 bits per heavy atom. The molecule has 0 spiro atoms. The van der Waals surface area contributed by atoms with Gasteiger partial charge in [0, 0.05) is 14.9 Å². The van der Waals surface area contributed by atoms with Gasteiger partial charge in [-0.25, -0.2) is 5.43 Å². The van der Waals surface area contributed by atoms with Crippen molar-refractivity contribution in [2.24, 2.45) is 5.10 Å². The molecular weight excluding hydrogens is 714 g/mol. The maximum Gasteiger partial charge on any atom is 0.307 e. The first-order valence-electron chi connectivity index (χ1n) is 10.4. The average Bonchev–Trinajstić information content (AvgIpc) is 3.24. The zero-order valence-corrected chi connectivity index (χ0v) is 24.4. The van der Waals surface area contributed by atoms with E-state index in [1.54, 1.807) is 12.3 Å². The summed E-state index contributed by atoms with van der Waals surface area (Å²) in [4.78, 5) is 12.5. The lowest BCUT2D eigenvalue weighted by Crippen LogP contribution is -2.16. The Kier molecular flexibility index (Phi) is 8.74. The minimum Gasteiger partial charge on any atom is -0.490 e. The molecule has 4 aromatic rings. The third-order valence-corrected chi connectivity index (χ3v) is 6.87. The highest BCUT2D eigenvalue weighted by atomic mass is 127. The number of benzene rings is 3. The fourth-order valence-corrected chi connectivity index (χ4v) is 5.46. The summed E-state index contributed by atoms with van der Waals surface area (Å²) in [5, 5.41) is 5.56. The molecule has 3 aromatic carbocycles. The van der Waals surface area contributed by atoms with Gasteiger partial charge >= 0.3 is 5.91 Å². The van der Waals surface area contributed by atoms with Crippen LogP contribution in [-0.4, -0.2) is 18.7 Å². The van der Waals surface area contributed by atoms with E-state index in [0.717, 1.165) is 29.0 Å². The number of hydrogen-bond donors (Lipinski definition) is 1. The summed E-state index contributed by atoms with van der Waals surface area (Å²) in [6.07, 6.45) is 1.54. The number of nitrogens with one attached hydrogen (secondary N) is 1. The number of carbonyl (C=O) groups excluding carboxylic acids is 1. The molecule has 1 amide bonds. The SMILES string of the molecule is CCOc1cc(/C=N\NC(=O)c2cc3cc(Br)cc(Br)c3o2)cc(I)c1OCc1ccc(Cl)cc1. The maximum absolute atomic E-state index is 12.5. The number of fused-ring (bicyclic) bond motifs is 1. The standard InChI is InChI=1S/C25H18Br2ClIN2O4/c1-2-33-21-8-15(7-20(29)24(21)34-13-14-3-5-18(28)6-4-14)12-30-31-25(32)22-10-16-9-17(26)11-19(27)23(16)35-22/h3-12H,2,13H2,1H3,(H,31,32)/b30-12-. The summed E-state index contributed by atoms with van der Waals surface area (Å²) in [6, 6.07) is 16.6. The number of ether oxygens (including phenoxy) is 2. The molecule has 0 fully saturated rings. The number of halogens is 4. The van der Waals surface area contributed by atoms with Crippen LogP contribution in [0.25, 0.3) is 11.0 Å². The molecule has 0 aliphatic heterocycles. The van der Waals surface area contributed by atoms with Crippen LogP contribution in [0.4, 0.5) is 0 Å². The minimum absolute atomic E-state index is 0.159. The number of carbonyl (C=O) groups is 1. The molecule has 1 aromatic heterocycles. The number of nitrogens with zero attached hydrogens (tertiary/aromatic N) is 1. The Balaban J connectivity index is 1.47. The van der Waals surface area contributed by atoms with Crippen LogP contribution < -0.4 is 14.9 Å². The van der Waals surface area contributed by atoms with E-state index in [4.69, 9.17) is 25.5 Å². The molecule has 0 aliphatic carbocycles. The molecule has 0 aliphatic rings. The van der Waals surface area contributed by atoms with Crippen molar-refractivity contribution < 1.29 is 18.7 Å². The first kappa shape index (κ1) is 26.0. The van der Waals surface area contributed by atoms with Gasteiger partial charge in [0.2, 0.25) is 0 Å². The maximum atomic E-state index is 12.5. The molecule has 0 unspecified atom stereocenters. The van der Waals surface area contributed by atoms with Gasteiger partial charge in [-0.2, -0.15) is 5.10 Å². The Hall–Kier alpha value is -2.08. The molecular formula is C25H18Br2ClIN2O4. The van der Waals surface area contributed by atoms with Crippen LogP contribution >= 0.6 is 66.1 Å². The fourth-order valence-electron chi connectivity index (χ4n) is 3.21. The van der Waals surface area contributed by atoms with E-state index in [-0.39, 0.29) is 5.76 Å². The average molecular weight is 733 g/mol. The van der Waals surface area contributed by atoms with Gasteiger partial charge in [-0.1, -0.05) is 39.7 Å². The van der Waals surface area contributed by atoms with Crippen molar-refractivity contribution in [1.29, 1.82) is 0 Å². The van der Waals surface area contributed by atoms with Crippen LogP contribution in [-0.2, 0) is 6.61 Å². The second kappa shape index (κ2) is 11.8. The fraction of sp³-hybridized carbons (Fsp3) is 0.120. The van der Waals surface area contributed by atoms with Gasteiger partial charge in [0.15, 0.2) is 17.3 Å². The third kappa shape index (κ3) is 6.58. The second-order valence-corrected chi connectivity index (χ2v) is 10.7. The van der Waals surface area contributed by atoms with Gasteiger partial charge in [-0.05, 0) is 99.0 Å². The van der Waals surface area contributed by atoms with E-state index in [2.05, 4.69) is 65.0 Å². The Bertz CT molecular complexity index is 1410. The van der Waals surface area contributed by atoms with Crippen molar-refractivity contribution in [3.05, 3.63) is 89.0 Å². The van der Waals surface area contributed by atoms with Crippen molar-refractivity contribution >= 4 is 89.1 Å². The molecule has 10 heteroatoms. The van der Waals surface area contributed by atoms with Crippen molar-refractivity contribution in [3.8, 4) is 11.5 Å². The van der Waals surface area contributed by atoms with E-state index in [1.165, 1.54) is 0 Å². The van der Waals surface area contributed by atoms with Crippen LogP contribution in [0.15, 0.2) is 73.1 Å². The predicted octanol–water partition coefficient (Wildman–Crippen LogP) is 7.96. The molecule has 35 heavy (non-hydrogen) atoms. The van der Waals surface area contributed by atoms with Crippen molar-refractivity contribution in [2.45, 2.75) is 13.5 Å². The molecule has 180 valence electrons. The molecule has 4 rings (SSSR count). The largest absolute Gasteiger partial charge is 0.490 e. The summed E-state index contributed by atoms with van der Waals surface area (Å²) < 4.78 is 20.0. The first-order valence-corrected chi connectivity index (χ1v) is 13.4. The third-order valence-electron chi connectivity index (χ3n) is 4.77. The molecule has 0 saturated heterocycles. The lowest BCUT2D eigenvalue weighted by atomic mass is 10.2. The number of rotatable bonds is 8. The van der Waals surface area contributed by atoms with Gasteiger partial charge in [0.1, 0.15) is 12.2 Å². The van der Waals surface area contributed by atoms with E-state index in [1.807, 2.05) is 55.5 Å². The zero-order valence-electron chi connectivity index (χ0n) is 18.3. The van der Waals surface area contributed by atoms with E-state index >= 15 is 0 Å². The highest BCUT2D eigenvalue weighted by molar-refractivity contribution is 14.1. The summed E-state index contributed by atoms with van der Waals surface area (Å²) in [7, 11) is 0. The van der Waals surface area contributed by atoms with Gasteiger partial charge in [0.25, 0.3) is 0 Å². The molecule has 0 radical (unpaired) electrons. The lowest BCUT2D eigenvalue weighted by molar-refractivity contribution is 0.0929. The van der Waals surface area contributed by atoms with E-state index < -0.39 is 5.91 Å². The number of hydrazone groups is 1. The summed E-state index contributed by atoms with van der Waals surface area (Å²) in [5.41, 5.74) is 4.83. The highest BCUT2D eigenvalue weighted by Gasteiger charge is 2.15. The van der Waals surface area contributed by atoms with Crippen LogP contribution in [0.3, 0.4) is 0 Å². The van der Waals surface area contributed by atoms with Gasteiger partial charge in [0.05, 0.1) is 20.9 Å². The number of furan rings is 1. The predicted molar refractivity (Wildman–Crippen MR) is 153 cm³/mol. The normalized spacial score (nSPS) is 11.2.